The number of nitrogens with one attached hydrogen (secondary N) is 1. The van der Waals surface area contributed by atoms with E-state index in [9.17, 15) is 20.2 Å². The molecule has 0 aliphatic heterocycles. The molecule has 0 saturated heterocycles. The molecule has 1 aromatic rings. The van der Waals surface area contributed by atoms with Crippen molar-refractivity contribution in [3.8, 4) is 18.2 Å². The van der Waals surface area contributed by atoms with E-state index in [0.717, 1.165) is 0 Å². The third-order valence-corrected chi connectivity index (χ3v) is 5.48. The first-order valence-electron chi connectivity index (χ1n) is 8.26. The van der Waals surface area contributed by atoms with Crippen LogP contribution in [0.5, 0.6) is 0 Å². The van der Waals surface area contributed by atoms with Gasteiger partial charge in [0, 0.05) is 5.92 Å². The average molecular weight is 332 g/mol. The Bertz CT molecular complexity index is 866. The van der Waals surface area contributed by atoms with Crippen LogP contribution in [0.1, 0.15) is 31.2 Å². The predicted octanol–water partition coefficient (Wildman–Crippen LogP) is 4.09. The molecular weight excluding hydrogens is 315 g/mol. The molecule has 4 nitrogen and oxygen atoms in total. The van der Waals surface area contributed by atoms with Crippen LogP contribution in [0.4, 0.5) is 4.39 Å². The number of nitrogens with zero attached hydrogens (tertiary/aromatic N) is 3. The van der Waals surface area contributed by atoms with Crippen molar-refractivity contribution in [1.29, 1.82) is 21.2 Å². The molecule has 1 N–H and O–H groups in total. The van der Waals surface area contributed by atoms with E-state index in [-0.39, 0.29) is 11.6 Å². The van der Waals surface area contributed by atoms with Crippen molar-refractivity contribution in [3.63, 3.8) is 0 Å². The van der Waals surface area contributed by atoms with Crippen molar-refractivity contribution in [2.45, 2.75) is 25.7 Å². The molecule has 25 heavy (non-hydrogen) atoms. The number of hydrogen-bond acceptors (Lipinski definition) is 4. The van der Waals surface area contributed by atoms with Gasteiger partial charge in [0.2, 0.25) is 5.41 Å². The van der Waals surface area contributed by atoms with Crippen LogP contribution in [-0.2, 0) is 0 Å². The summed E-state index contributed by atoms with van der Waals surface area (Å²) in [5.74, 6) is -1.95. The maximum Gasteiger partial charge on any atom is 0.203 e. The van der Waals surface area contributed by atoms with Gasteiger partial charge in [0.25, 0.3) is 0 Å². The highest BCUT2D eigenvalue weighted by Crippen LogP contribution is 2.55. The van der Waals surface area contributed by atoms with E-state index < -0.39 is 23.1 Å². The number of nitriles is 3. The summed E-state index contributed by atoms with van der Waals surface area (Å²) in [6, 6.07) is 12.3. The van der Waals surface area contributed by atoms with Crippen LogP contribution in [-0.4, -0.2) is 5.71 Å². The summed E-state index contributed by atoms with van der Waals surface area (Å²) in [5.41, 5.74) is -0.994. The lowest BCUT2D eigenvalue weighted by Crippen LogP contribution is -2.48. The van der Waals surface area contributed by atoms with Gasteiger partial charge in [-0.15, -0.1) is 0 Å². The first-order chi connectivity index (χ1) is 12.0. The third-order valence-electron chi connectivity index (χ3n) is 5.48. The van der Waals surface area contributed by atoms with Crippen molar-refractivity contribution in [2.24, 2.45) is 23.2 Å². The second-order valence-electron chi connectivity index (χ2n) is 6.88. The molecule has 4 unspecified atom stereocenters. The Labute approximate surface area is 146 Å². The second-order valence-corrected chi connectivity index (χ2v) is 6.88. The standard InChI is InChI=1S/C20H17FN4/c1-12-6-7-16-14(8-12)18(13-4-2-3-5-17(13)21)15(9-22)19(25)20(16,10-23)11-24/h2-5,7,12,14-15,18,25H,6,8H2,1H3. The van der Waals surface area contributed by atoms with E-state index in [4.69, 9.17) is 5.41 Å². The van der Waals surface area contributed by atoms with E-state index in [1.165, 1.54) is 6.07 Å². The van der Waals surface area contributed by atoms with E-state index >= 15 is 0 Å². The minimum absolute atomic E-state index is 0.231. The quantitative estimate of drug-likeness (QED) is 0.785. The molecule has 124 valence electrons. The van der Waals surface area contributed by atoms with E-state index in [0.29, 0.717) is 29.9 Å². The van der Waals surface area contributed by atoms with Crippen LogP contribution in [0, 0.1) is 68.4 Å². The molecule has 1 aromatic carbocycles. The van der Waals surface area contributed by atoms with Gasteiger partial charge in [0.15, 0.2) is 0 Å². The highest BCUT2D eigenvalue weighted by molar-refractivity contribution is 6.01. The number of rotatable bonds is 1. The number of halogens is 1. The van der Waals surface area contributed by atoms with E-state index in [1.54, 1.807) is 18.2 Å². The summed E-state index contributed by atoms with van der Waals surface area (Å²) in [6.07, 6.45) is 3.24. The van der Waals surface area contributed by atoms with Crippen molar-refractivity contribution in [1.82, 2.24) is 0 Å². The molecule has 2 aliphatic rings. The SMILES string of the molecule is CC1CC=C2C(C1)C(c1ccccc1F)C(C#N)C(=N)C2(C#N)C#N. The number of allylic oxidation sites excluding steroid dienone is 2. The largest absolute Gasteiger partial charge is 0.305 e. The average Bonchev–Trinajstić information content (AvgIpc) is 2.62. The Morgan fingerprint density at radius 3 is 2.48 bits per heavy atom. The van der Waals surface area contributed by atoms with Crippen molar-refractivity contribution >= 4 is 5.71 Å². The Morgan fingerprint density at radius 2 is 1.88 bits per heavy atom. The highest BCUT2D eigenvalue weighted by Gasteiger charge is 2.56. The molecule has 0 bridgehead atoms. The molecule has 4 atom stereocenters. The van der Waals surface area contributed by atoms with Gasteiger partial charge >= 0.3 is 0 Å². The minimum Gasteiger partial charge on any atom is -0.305 e. The number of benzene rings is 1. The van der Waals surface area contributed by atoms with Crippen LogP contribution in [0.15, 0.2) is 35.9 Å². The molecule has 0 radical (unpaired) electrons. The molecule has 0 spiro atoms. The van der Waals surface area contributed by atoms with Crippen molar-refractivity contribution < 1.29 is 4.39 Å². The van der Waals surface area contributed by atoms with Crippen LogP contribution in [0.2, 0.25) is 0 Å². The molecule has 3 rings (SSSR count). The molecular formula is C20H17FN4. The van der Waals surface area contributed by atoms with Gasteiger partial charge in [-0.2, -0.15) is 15.8 Å². The fraction of sp³-hybridized carbons (Fsp3) is 0.400. The third kappa shape index (κ3) is 2.34. The van der Waals surface area contributed by atoms with Gasteiger partial charge in [0.1, 0.15) is 5.82 Å². The number of hydrogen-bond donors (Lipinski definition) is 1. The summed E-state index contributed by atoms with van der Waals surface area (Å²) < 4.78 is 14.5. The molecule has 0 amide bonds. The fourth-order valence-corrected chi connectivity index (χ4v) is 4.27. The summed E-state index contributed by atoms with van der Waals surface area (Å²) in [6.45, 7) is 2.06. The lowest BCUT2D eigenvalue weighted by molar-refractivity contribution is 0.294. The molecule has 1 fully saturated rings. The van der Waals surface area contributed by atoms with Crippen LogP contribution in [0.25, 0.3) is 0 Å². The molecule has 0 heterocycles. The first-order valence-corrected chi connectivity index (χ1v) is 8.26. The molecule has 1 saturated carbocycles. The fourth-order valence-electron chi connectivity index (χ4n) is 4.27. The van der Waals surface area contributed by atoms with E-state index in [2.05, 4.69) is 13.0 Å². The van der Waals surface area contributed by atoms with Gasteiger partial charge in [-0.25, -0.2) is 4.39 Å². The minimum atomic E-state index is -1.72. The van der Waals surface area contributed by atoms with Gasteiger partial charge in [-0.05, 0) is 41.9 Å². The Morgan fingerprint density at radius 1 is 1.20 bits per heavy atom. The smallest absolute Gasteiger partial charge is 0.203 e. The van der Waals surface area contributed by atoms with Crippen LogP contribution >= 0.6 is 0 Å². The van der Waals surface area contributed by atoms with Gasteiger partial charge in [-0.1, -0.05) is 31.2 Å². The van der Waals surface area contributed by atoms with Gasteiger partial charge in [0.05, 0.1) is 29.8 Å². The summed E-state index contributed by atoms with van der Waals surface area (Å²) in [5, 5.41) is 37.6. The van der Waals surface area contributed by atoms with Crippen molar-refractivity contribution in [3.05, 3.63) is 47.3 Å². The van der Waals surface area contributed by atoms with Crippen LogP contribution in [0.3, 0.4) is 0 Å². The normalized spacial score (nSPS) is 30.2. The van der Waals surface area contributed by atoms with Gasteiger partial charge in [-0.3, -0.25) is 0 Å². The Balaban J connectivity index is 2.26. The lowest BCUT2D eigenvalue weighted by Gasteiger charge is -2.46. The van der Waals surface area contributed by atoms with Gasteiger partial charge < -0.3 is 5.41 Å². The molecule has 0 aromatic heterocycles. The Kier molecular flexibility index (Phi) is 4.15. The lowest BCUT2D eigenvalue weighted by atomic mass is 9.53. The highest BCUT2D eigenvalue weighted by atomic mass is 19.1. The first kappa shape index (κ1) is 16.9. The second kappa shape index (κ2) is 6.15. The van der Waals surface area contributed by atoms with E-state index in [1.807, 2.05) is 18.2 Å². The zero-order valence-corrected chi connectivity index (χ0v) is 13.8. The zero-order valence-electron chi connectivity index (χ0n) is 13.8. The van der Waals surface area contributed by atoms with Crippen LogP contribution < -0.4 is 0 Å². The van der Waals surface area contributed by atoms with Crippen molar-refractivity contribution in [2.75, 3.05) is 0 Å². The Hall–Kier alpha value is -2.97. The zero-order chi connectivity index (χ0) is 18.2. The predicted molar refractivity (Wildman–Crippen MR) is 89.6 cm³/mol. The number of fused-ring (bicyclic) bond motifs is 1. The maximum absolute atomic E-state index is 14.5. The summed E-state index contributed by atoms with van der Waals surface area (Å²) in [7, 11) is 0. The molecule has 5 heteroatoms. The summed E-state index contributed by atoms with van der Waals surface area (Å²) in [4.78, 5) is 0. The maximum atomic E-state index is 14.5. The monoisotopic (exact) mass is 332 g/mol. The summed E-state index contributed by atoms with van der Waals surface area (Å²) >= 11 is 0. The topological polar surface area (TPSA) is 95.2 Å². The molecule has 2 aliphatic carbocycles.